The first-order valence-corrected chi connectivity index (χ1v) is 11.3. The zero-order valence-corrected chi connectivity index (χ0v) is 18.1. The summed E-state index contributed by atoms with van der Waals surface area (Å²) in [5.41, 5.74) is 2.96. The molecule has 156 valence electrons. The van der Waals surface area contributed by atoms with E-state index in [0.29, 0.717) is 18.0 Å². The third kappa shape index (κ3) is 4.04. The van der Waals surface area contributed by atoms with E-state index in [1.54, 1.807) is 18.2 Å². The van der Waals surface area contributed by atoms with Crippen molar-refractivity contribution in [3.63, 3.8) is 0 Å². The second-order valence-corrected chi connectivity index (χ2v) is 10.1. The van der Waals surface area contributed by atoms with Crippen molar-refractivity contribution in [1.29, 1.82) is 0 Å². The Bertz CT molecular complexity index is 1050. The van der Waals surface area contributed by atoms with Gasteiger partial charge in [-0.25, -0.2) is 13.4 Å². The van der Waals surface area contributed by atoms with Crippen molar-refractivity contribution in [2.45, 2.75) is 43.6 Å². The summed E-state index contributed by atoms with van der Waals surface area (Å²) in [7, 11) is -0.208. The number of benzene rings is 1. The Kier molecular flexibility index (Phi) is 4.94. The number of hydrogen-bond acceptors (Lipinski definition) is 6. The number of methoxy groups -OCH3 is 1. The molecule has 0 saturated heterocycles. The number of fused-ring (bicyclic) bond motifs is 2. The van der Waals surface area contributed by atoms with E-state index in [2.05, 4.69) is 21.7 Å². The van der Waals surface area contributed by atoms with Gasteiger partial charge in [0.15, 0.2) is 0 Å². The number of anilines is 1. The number of pyridine rings is 1. The van der Waals surface area contributed by atoms with E-state index in [1.165, 1.54) is 7.11 Å². The Morgan fingerprint density at radius 2 is 1.93 bits per heavy atom. The minimum absolute atomic E-state index is 0.203. The van der Waals surface area contributed by atoms with Crippen LogP contribution in [0.25, 0.3) is 0 Å². The Balaban J connectivity index is 1.65. The largest absolute Gasteiger partial charge is 0.487 e. The predicted molar refractivity (Wildman–Crippen MR) is 111 cm³/mol. The SMILES string of the molecule is COc1nc2c(cc1NS(=O)(=O)c1ccc3c(c1)CC(C)(C)O3)CCN(C)CC2. The van der Waals surface area contributed by atoms with E-state index in [-0.39, 0.29) is 10.5 Å². The van der Waals surface area contributed by atoms with Crippen LogP contribution < -0.4 is 14.2 Å². The van der Waals surface area contributed by atoms with Gasteiger partial charge in [0, 0.05) is 31.6 Å². The average molecular weight is 418 g/mol. The second kappa shape index (κ2) is 7.18. The number of sulfonamides is 1. The summed E-state index contributed by atoms with van der Waals surface area (Å²) in [6.45, 7) is 5.81. The van der Waals surface area contributed by atoms with Crippen molar-refractivity contribution < 1.29 is 17.9 Å². The third-order valence-corrected chi connectivity index (χ3v) is 6.79. The van der Waals surface area contributed by atoms with Crippen LogP contribution in [-0.4, -0.2) is 51.1 Å². The number of aromatic nitrogens is 1. The third-order valence-electron chi connectivity index (χ3n) is 5.43. The smallest absolute Gasteiger partial charge is 0.262 e. The normalized spacial score (nSPS) is 18.3. The summed E-state index contributed by atoms with van der Waals surface area (Å²) < 4.78 is 40.1. The van der Waals surface area contributed by atoms with Crippen LogP contribution in [0.4, 0.5) is 5.69 Å². The number of nitrogens with one attached hydrogen (secondary N) is 1. The van der Waals surface area contributed by atoms with Crippen LogP contribution in [0.1, 0.15) is 30.7 Å². The summed E-state index contributed by atoms with van der Waals surface area (Å²) in [6, 6.07) is 6.84. The van der Waals surface area contributed by atoms with E-state index in [0.717, 1.165) is 48.5 Å². The van der Waals surface area contributed by atoms with Crippen molar-refractivity contribution in [3.05, 3.63) is 41.1 Å². The number of likely N-dealkylation sites (N-methyl/N-ethyl adjacent to an activating group) is 1. The van der Waals surface area contributed by atoms with E-state index < -0.39 is 10.0 Å². The first kappa shape index (κ1) is 20.0. The Labute approximate surface area is 172 Å². The molecule has 2 aromatic rings. The molecule has 7 nitrogen and oxygen atoms in total. The Morgan fingerprint density at radius 1 is 1.17 bits per heavy atom. The van der Waals surface area contributed by atoms with Crippen LogP contribution in [-0.2, 0) is 29.3 Å². The molecule has 1 aromatic heterocycles. The van der Waals surface area contributed by atoms with Crippen LogP contribution in [0, 0.1) is 0 Å². The number of hydrogen-bond donors (Lipinski definition) is 1. The predicted octanol–water partition coefficient (Wildman–Crippen LogP) is 2.63. The van der Waals surface area contributed by atoms with Gasteiger partial charge in [-0.2, -0.15) is 0 Å². The molecule has 2 aliphatic heterocycles. The average Bonchev–Trinajstić information content (AvgIpc) is 2.86. The molecule has 2 aliphatic rings. The number of rotatable bonds is 4. The maximum Gasteiger partial charge on any atom is 0.262 e. The van der Waals surface area contributed by atoms with E-state index >= 15 is 0 Å². The first-order valence-electron chi connectivity index (χ1n) is 9.77. The molecular weight excluding hydrogens is 390 g/mol. The molecule has 0 spiro atoms. The maximum absolute atomic E-state index is 13.1. The lowest BCUT2D eigenvalue weighted by molar-refractivity contribution is 0.138. The van der Waals surface area contributed by atoms with Gasteiger partial charge in [0.2, 0.25) is 5.88 Å². The summed E-state index contributed by atoms with van der Waals surface area (Å²) in [5, 5.41) is 0. The van der Waals surface area contributed by atoms with E-state index in [9.17, 15) is 8.42 Å². The lowest BCUT2D eigenvalue weighted by Crippen LogP contribution is -2.24. The number of ether oxygens (including phenoxy) is 2. The van der Waals surface area contributed by atoms with Gasteiger partial charge < -0.3 is 14.4 Å². The van der Waals surface area contributed by atoms with E-state index in [1.807, 2.05) is 19.9 Å². The molecule has 3 heterocycles. The van der Waals surface area contributed by atoms with Crippen molar-refractivity contribution in [3.8, 4) is 11.6 Å². The molecule has 1 N–H and O–H groups in total. The maximum atomic E-state index is 13.1. The van der Waals surface area contributed by atoms with Crippen molar-refractivity contribution >= 4 is 15.7 Å². The van der Waals surface area contributed by atoms with Gasteiger partial charge in [-0.3, -0.25) is 4.72 Å². The molecule has 0 amide bonds. The Hall–Kier alpha value is -2.32. The molecule has 0 aliphatic carbocycles. The fraction of sp³-hybridized carbons (Fsp3) is 0.476. The zero-order valence-electron chi connectivity index (χ0n) is 17.3. The highest BCUT2D eigenvalue weighted by Gasteiger charge is 2.31. The second-order valence-electron chi connectivity index (χ2n) is 8.37. The molecule has 0 unspecified atom stereocenters. The molecule has 0 bridgehead atoms. The van der Waals surface area contributed by atoms with E-state index in [4.69, 9.17) is 9.47 Å². The van der Waals surface area contributed by atoms with Gasteiger partial charge in [-0.15, -0.1) is 0 Å². The Morgan fingerprint density at radius 3 is 2.69 bits per heavy atom. The first-order chi connectivity index (χ1) is 13.7. The quantitative estimate of drug-likeness (QED) is 0.824. The molecular formula is C21H27N3O4S. The fourth-order valence-corrected chi connectivity index (χ4v) is 5.01. The van der Waals surface area contributed by atoms with Crippen LogP contribution in [0.15, 0.2) is 29.2 Å². The lowest BCUT2D eigenvalue weighted by Gasteiger charge is -2.16. The highest BCUT2D eigenvalue weighted by atomic mass is 32.2. The molecule has 4 rings (SSSR count). The molecule has 0 radical (unpaired) electrons. The monoisotopic (exact) mass is 417 g/mol. The minimum Gasteiger partial charge on any atom is -0.487 e. The topological polar surface area (TPSA) is 80.8 Å². The van der Waals surface area contributed by atoms with Crippen LogP contribution in [0.2, 0.25) is 0 Å². The molecule has 8 heteroatoms. The van der Waals surface area contributed by atoms with Crippen LogP contribution >= 0.6 is 0 Å². The van der Waals surface area contributed by atoms with Crippen molar-refractivity contribution in [2.75, 3.05) is 32.0 Å². The lowest BCUT2D eigenvalue weighted by atomic mass is 10.0. The summed E-state index contributed by atoms with van der Waals surface area (Å²) in [5.74, 6) is 1.03. The van der Waals surface area contributed by atoms with Gasteiger partial charge >= 0.3 is 0 Å². The van der Waals surface area contributed by atoms with Crippen molar-refractivity contribution in [2.24, 2.45) is 0 Å². The van der Waals surface area contributed by atoms with Gasteiger partial charge in [-0.05, 0) is 62.7 Å². The standard InChI is InChI=1S/C21H27N3O4S/c1-21(2)13-15-11-16(5-6-19(15)28-21)29(25,26)23-18-12-14-7-9-24(3)10-8-17(14)22-20(18)27-4/h5-6,11-12,23H,7-10,13H2,1-4H3. The fourth-order valence-electron chi connectivity index (χ4n) is 3.91. The van der Waals surface area contributed by atoms with Crippen LogP contribution in [0.5, 0.6) is 11.6 Å². The molecule has 29 heavy (non-hydrogen) atoms. The summed E-state index contributed by atoms with van der Waals surface area (Å²) in [6.07, 6.45) is 2.31. The molecule has 1 aromatic carbocycles. The van der Waals surface area contributed by atoms with Crippen molar-refractivity contribution in [1.82, 2.24) is 9.88 Å². The minimum atomic E-state index is -3.79. The highest BCUT2D eigenvalue weighted by molar-refractivity contribution is 7.92. The number of nitrogens with zero attached hydrogens (tertiary/aromatic N) is 2. The van der Waals surface area contributed by atoms with Gasteiger partial charge in [0.25, 0.3) is 10.0 Å². The highest BCUT2D eigenvalue weighted by Crippen LogP contribution is 2.37. The van der Waals surface area contributed by atoms with Gasteiger partial charge in [0.05, 0.1) is 12.0 Å². The zero-order chi connectivity index (χ0) is 20.8. The van der Waals surface area contributed by atoms with Crippen LogP contribution in [0.3, 0.4) is 0 Å². The molecule has 0 fully saturated rings. The summed E-state index contributed by atoms with van der Waals surface area (Å²) in [4.78, 5) is 7.03. The molecule has 0 saturated carbocycles. The van der Waals surface area contributed by atoms with Gasteiger partial charge in [-0.1, -0.05) is 0 Å². The van der Waals surface area contributed by atoms with Gasteiger partial charge in [0.1, 0.15) is 17.0 Å². The molecule has 0 atom stereocenters. The summed E-state index contributed by atoms with van der Waals surface area (Å²) >= 11 is 0.